The SMILES string of the molecule is N#C[C@@H](CCNC(=O)C(F)(F)CCc1ccccc1)c1ccccc1. The highest BCUT2D eigenvalue weighted by Crippen LogP contribution is 2.22. The van der Waals surface area contributed by atoms with Crippen LogP contribution in [0, 0.1) is 11.3 Å². The number of carbonyl (C=O) groups is 1. The maximum Gasteiger partial charge on any atom is 0.324 e. The quantitative estimate of drug-likeness (QED) is 0.786. The van der Waals surface area contributed by atoms with Crippen LogP contribution in [0.5, 0.6) is 0 Å². The minimum Gasteiger partial charge on any atom is -0.351 e. The number of carbonyl (C=O) groups excluding carboxylic acids is 1. The lowest BCUT2D eigenvalue weighted by molar-refractivity contribution is -0.146. The van der Waals surface area contributed by atoms with Crippen molar-refractivity contribution in [3.8, 4) is 6.07 Å². The Morgan fingerprint density at radius 2 is 1.68 bits per heavy atom. The smallest absolute Gasteiger partial charge is 0.324 e. The van der Waals surface area contributed by atoms with Crippen molar-refractivity contribution in [2.24, 2.45) is 0 Å². The molecule has 25 heavy (non-hydrogen) atoms. The first-order chi connectivity index (χ1) is 12.0. The summed E-state index contributed by atoms with van der Waals surface area (Å²) in [6.45, 7) is 0.0346. The molecule has 0 aliphatic rings. The van der Waals surface area contributed by atoms with Crippen molar-refractivity contribution in [1.82, 2.24) is 5.32 Å². The van der Waals surface area contributed by atoms with Crippen LogP contribution in [0.25, 0.3) is 0 Å². The van der Waals surface area contributed by atoms with Gasteiger partial charge in [0.25, 0.3) is 5.91 Å². The first-order valence-electron chi connectivity index (χ1n) is 8.17. The van der Waals surface area contributed by atoms with Gasteiger partial charge in [-0.15, -0.1) is 0 Å². The highest BCUT2D eigenvalue weighted by molar-refractivity contribution is 5.83. The van der Waals surface area contributed by atoms with Crippen LogP contribution >= 0.6 is 0 Å². The van der Waals surface area contributed by atoms with Gasteiger partial charge < -0.3 is 5.32 Å². The Hall–Kier alpha value is -2.74. The topological polar surface area (TPSA) is 52.9 Å². The van der Waals surface area contributed by atoms with Crippen LogP contribution in [0.3, 0.4) is 0 Å². The Balaban J connectivity index is 1.81. The molecule has 2 aromatic rings. The number of nitrogens with zero attached hydrogens (tertiary/aromatic N) is 1. The van der Waals surface area contributed by atoms with Crippen LogP contribution in [0.15, 0.2) is 60.7 Å². The van der Waals surface area contributed by atoms with Gasteiger partial charge >= 0.3 is 5.92 Å². The number of rotatable bonds is 8. The van der Waals surface area contributed by atoms with Gasteiger partial charge in [-0.05, 0) is 24.0 Å². The summed E-state index contributed by atoms with van der Waals surface area (Å²) in [4.78, 5) is 11.7. The molecule has 0 bridgehead atoms. The Labute approximate surface area is 146 Å². The lowest BCUT2D eigenvalue weighted by Crippen LogP contribution is -2.41. The molecule has 2 aromatic carbocycles. The largest absolute Gasteiger partial charge is 0.351 e. The van der Waals surface area contributed by atoms with Gasteiger partial charge in [-0.2, -0.15) is 14.0 Å². The average molecular weight is 342 g/mol. The Morgan fingerprint density at radius 3 is 2.28 bits per heavy atom. The minimum absolute atomic E-state index is 0.0346. The van der Waals surface area contributed by atoms with Crippen molar-refractivity contribution in [3.63, 3.8) is 0 Å². The minimum atomic E-state index is -3.43. The maximum absolute atomic E-state index is 14.0. The molecule has 0 saturated heterocycles. The molecule has 0 saturated carbocycles. The van der Waals surface area contributed by atoms with Crippen molar-refractivity contribution >= 4 is 5.91 Å². The van der Waals surface area contributed by atoms with Gasteiger partial charge in [-0.3, -0.25) is 4.79 Å². The van der Waals surface area contributed by atoms with E-state index in [1.165, 1.54) is 0 Å². The van der Waals surface area contributed by atoms with E-state index < -0.39 is 24.2 Å². The summed E-state index contributed by atoms with van der Waals surface area (Å²) < 4.78 is 27.9. The molecule has 1 atom stereocenters. The molecule has 0 radical (unpaired) electrons. The van der Waals surface area contributed by atoms with Crippen LogP contribution in [0.1, 0.15) is 29.9 Å². The second-order valence-corrected chi connectivity index (χ2v) is 5.83. The number of nitrogens with one attached hydrogen (secondary N) is 1. The van der Waals surface area contributed by atoms with E-state index in [1.54, 1.807) is 24.3 Å². The highest BCUT2D eigenvalue weighted by Gasteiger charge is 2.37. The summed E-state index contributed by atoms with van der Waals surface area (Å²) in [5.41, 5.74) is 1.58. The molecule has 5 heteroatoms. The highest BCUT2D eigenvalue weighted by atomic mass is 19.3. The molecule has 3 nitrogen and oxygen atoms in total. The molecule has 0 heterocycles. The summed E-state index contributed by atoms with van der Waals surface area (Å²) in [6, 6.07) is 20.1. The van der Waals surface area contributed by atoms with Crippen LogP contribution in [0.4, 0.5) is 8.78 Å². The first-order valence-corrected chi connectivity index (χ1v) is 8.17. The molecule has 0 fully saturated rings. The van der Waals surface area contributed by atoms with Gasteiger partial charge in [0, 0.05) is 13.0 Å². The van der Waals surface area contributed by atoms with E-state index in [2.05, 4.69) is 11.4 Å². The van der Waals surface area contributed by atoms with Gasteiger partial charge in [0.05, 0.1) is 12.0 Å². The fourth-order valence-electron chi connectivity index (χ4n) is 2.51. The van der Waals surface area contributed by atoms with E-state index in [1.807, 2.05) is 36.4 Å². The Kier molecular flexibility index (Phi) is 6.64. The number of nitriles is 1. The van der Waals surface area contributed by atoms with Gasteiger partial charge in [0.2, 0.25) is 0 Å². The molecular weight excluding hydrogens is 322 g/mol. The monoisotopic (exact) mass is 342 g/mol. The predicted octanol–water partition coefficient (Wildman–Crippen LogP) is 4.07. The second kappa shape index (κ2) is 8.93. The summed E-state index contributed by atoms with van der Waals surface area (Å²) in [7, 11) is 0. The normalized spacial score (nSPS) is 12.2. The van der Waals surface area contributed by atoms with Crippen molar-refractivity contribution in [2.45, 2.75) is 31.1 Å². The molecule has 0 aliphatic carbocycles. The van der Waals surface area contributed by atoms with Crippen molar-refractivity contribution in [2.75, 3.05) is 6.54 Å². The lowest BCUT2D eigenvalue weighted by Gasteiger charge is -2.17. The molecule has 1 N–H and O–H groups in total. The van der Waals surface area contributed by atoms with Crippen LogP contribution in [-0.2, 0) is 11.2 Å². The number of alkyl halides is 2. The third-order valence-corrected chi connectivity index (χ3v) is 3.98. The van der Waals surface area contributed by atoms with E-state index in [0.29, 0.717) is 6.42 Å². The molecule has 130 valence electrons. The average Bonchev–Trinajstić information content (AvgIpc) is 2.65. The number of hydrogen-bond donors (Lipinski definition) is 1. The number of hydrogen-bond acceptors (Lipinski definition) is 2. The maximum atomic E-state index is 14.0. The summed E-state index contributed by atoms with van der Waals surface area (Å²) in [5, 5.41) is 11.5. The molecule has 0 aromatic heterocycles. The van der Waals surface area contributed by atoms with Gasteiger partial charge in [0.1, 0.15) is 0 Å². The lowest BCUT2D eigenvalue weighted by atomic mass is 9.97. The fourth-order valence-corrected chi connectivity index (χ4v) is 2.51. The predicted molar refractivity (Wildman–Crippen MR) is 92.1 cm³/mol. The molecular formula is C20H20F2N2O. The summed E-state index contributed by atoms with van der Waals surface area (Å²) in [6.07, 6.45) is -0.115. The van der Waals surface area contributed by atoms with Crippen LogP contribution < -0.4 is 5.32 Å². The third kappa shape index (κ3) is 5.68. The summed E-state index contributed by atoms with van der Waals surface area (Å²) >= 11 is 0. The number of amides is 1. The first kappa shape index (κ1) is 18.6. The van der Waals surface area contributed by atoms with E-state index in [4.69, 9.17) is 0 Å². The number of halogens is 2. The third-order valence-electron chi connectivity index (χ3n) is 3.98. The van der Waals surface area contributed by atoms with E-state index in [9.17, 15) is 18.8 Å². The van der Waals surface area contributed by atoms with E-state index >= 15 is 0 Å². The van der Waals surface area contributed by atoms with E-state index in [-0.39, 0.29) is 13.0 Å². The zero-order chi connectivity index (χ0) is 18.1. The number of aryl methyl sites for hydroxylation is 1. The molecule has 0 unspecified atom stereocenters. The van der Waals surface area contributed by atoms with Crippen LogP contribution in [0.2, 0.25) is 0 Å². The zero-order valence-corrected chi connectivity index (χ0v) is 13.8. The standard InChI is InChI=1S/C20H20F2N2O/c21-20(22,13-11-16-7-3-1-4-8-16)19(25)24-14-12-18(15-23)17-9-5-2-6-10-17/h1-10,18H,11-14H2,(H,24,25)/t18-/m1/s1. The molecule has 2 rings (SSSR count). The van der Waals surface area contributed by atoms with Gasteiger partial charge in [-0.25, -0.2) is 0 Å². The number of benzene rings is 2. The van der Waals surface area contributed by atoms with Crippen molar-refractivity contribution < 1.29 is 13.6 Å². The van der Waals surface area contributed by atoms with Gasteiger partial charge in [-0.1, -0.05) is 60.7 Å². The van der Waals surface area contributed by atoms with Crippen LogP contribution in [-0.4, -0.2) is 18.4 Å². The summed E-state index contributed by atoms with van der Waals surface area (Å²) in [5.74, 6) is -5.14. The Morgan fingerprint density at radius 1 is 1.08 bits per heavy atom. The van der Waals surface area contributed by atoms with Crippen molar-refractivity contribution in [1.29, 1.82) is 5.26 Å². The fraction of sp³-hybridized carbons (Fsp3) is 0.300. The van der Waals surface area contributed by atoms with E-state index in [0.717, 1.165) is 11.1 Å². The van der Waals surface area contributed by atoms with Crippen molar-refractivity contribution in [3.05, 3.63) is 71.8 Å². The molecule has 1 amide bonds. The second-order valence-electron chi connectivity index (χ2n) is 5.83. The molecule has 0 spiro atoms. The zero-order valence-electron chi connectivity index (χ0n) is 13.8. The molecule has 0 aliphatic heterocycles. The van der Waals surface area contributed by atoms with Gasteiger partial charge in [0.15, 0.2) is 0 Å². The Bertz CT molecular complexity index is 711.